The van der Waals surface area contributed by atoms with Gasteiger partial charge in [-0.25, -0.2) is 14.6 Å². The maximum atomic E-state index is 12.8. The SMILES string of the molecule is CC(=O)c1ccc(C(=O)N2CCN(c3cc(-n4ccc(C)n4)ncn3)CC2)cc1. The number of hydrogen-bond donors (Lipinski definition) is 0. The lowest BCUT2D eigenvalue weighted by atomic mass is 10.1. The fraction of sp³-hybridized carbons (Fsp3) is 0.286. The highest BCUT2D eigenvalue weighted by molar-refractivity contribution is 5.97. The van der Waals surface area contributed by atoms with Crippen molar-refractivity contribution in [1.82, 2.24) is 24.6 Å². The minimum atomic E-state index is -0.0184. The second-order valence-corrected chi connectivity index (χ2v) is 7.05. The molecule has 1 fully saturated rings. The molecule has 0 aliphatic carbocycles. The van der Waals surface area contributed by atoms with E-state index in [1.165, 1.54) is 13.3 Å². The van der Waals surface area contributed by atoms with Crippen molar-refractivity contribution in [2.45, 2.75) is 13.8 Å². The Labute approximate surface area is 168 Å². The summed E-state index contributed by atoms with van der Waals surface area (Å²) >= 11 is 0. The molecule has 148 valence electrons. The number of aryl methyl sites for hydroxylation is 1. The van der Waals surface area contributed by atoms with Crippen molar-refractivity contribution in [3.05, 3.63) is 65.7 Å². The van der Waals surface area contributed by atoms with Crippen molar-refractivity contribution in [2.24, 2.45) is 0 Å². The lowest BCUT2D eigenvalue weighted by Crippen LogP contribution is -2.49. The summed E-state index contributed by atoms with van der Waals surface area (Å²) in [6.07, 6.45) is 3.41. The van der Waals surface area contributed by atoms with E-state index in [0.29, 0.717) is 43.1 Å². The molecule has 1 aliphatic heterocycles. The van der Waals surface area contributed by atoms with Gasteiger partial charge in [-0.2, -0.15) is 5.10 Å². The number of Topliss-reactive ketones (excluding diaryl/α,β-unsaturated/α-hetero) is 1. The molecule has 0 saturated carbocycles. The number of rotatable bonds is 4. The minimum absolute atomic E-state index is 0.00731. The molecule has 8 nitrogen and oxygen atoms in total. The van der Waals surface area contributed by atoms with Gasteiger partial charge in [0.05, 0.1) is 5.69 Å². The van der Waals surface area contributed by atoms with Crippen LogP contribution in [0.15, 0.2) is 48.9 Å². The molecule has 3 heterocycles. The van der Waals surface area contributed by atoms with E-state index >= 15 is 0 Å². The van der Waals surface area contributed by atoms with Crippen LogP contribution in [-0.2, 0) is 0 Å². The quantitative estimate of drug-likeness (QED) is 0.635. The Kier molecular flexibility index (Phi) is 5.07. The zero-order valence-corrected chi connectivity index (χ0v) is 16.4. The van der Waals surface area contributed by atoms with Crippen LogP contribution in [0.2, 0.25) is 0 Å². The van der Waals surface area contributed by atoms with Gasteiger partial charge < -0.3 is 9.80 Å². The Bertz CT molecular complexity index is 1040. The molecule has 0 atom stereocenters. The number of benzene rings is 1. The Hall–Kier alpha value is -3.55. The first-order valence-electron chi connectivity index (χ1n) is 9.51. The Morgan fingerprint density at radius 2 is 1.55 bits per heavy atom. The van der Waals surface area contributed by atoms with Crippen molar-refractivity contribution in [1.29, 1.82) is 0 Å². The molecule has 3 aromatic rings. The van der Waals surface area contributed by atoms with E-state index in [4.69, 9.17) is 0 Å². The molecule has 0 unspecified atom stereocenters. The predicted octanol–water partition coefficient (Wildman–Crippen LogP) is 2.14. The standard InChI is InChI=1S/C21H22N6O2/c1-15-7-8-27(24-15)20-13-19(22-14-23-20)25-9-11-26(12-10-25)21(29)18-5-3-17(4-6-18)16(2)28/h3-8,13-14H,9-12H2,1-2H3. The van der Waals surface area contributed by atoms with Gasteiger partial charge >= 0.3 is 0 Å². The van der Waals surface area contributed by atoms with Crippen molar-refractivity contribution < 1.29 is 9.59 Å². The molecule has 8 heteroatoms. The van der Waals surface area contributed by atoms with Crippen LogP contribution in [0.25, 0.3) is 5.82 Å². The van der Waals surface area contributed by atoms with Gasteiger partial charge in [0.1, 0.15) is 12.1 Å². The van der Waals surface area contributed by atoms with Gasteiger partial charge in [-0.1, -0.05) is 12.1 Å². The van der Waals surface area contributed by atoms with E-state index in [0.717, 1.165) is 11.5 Å². The van der Waals surface area contributed by atoms with E-state index in [9.17, 15) is 9.59 Å². The van der Waals surface area contributed by atoms with Crippen LogP contribution in [0, 0.1) is 6.92 Å². The molecule has 2 aromatic heterocycles. The maximum absolute atomic E-state index is 12.8. The zero-order chi connectivity index (χ0) is 20.4. The van der Waals surface area contributed by atoms with Gasteiger partial charge in [-0.15, -0.1) is 0 Å². The third kappa shape index (κ3) is 4.01. The topological polar surface area (TPSA) is 84.2 Å². The molecule has 0 N–H and O–H groups in total. The Morgan fingerprint density at radius 1 is 0.897 bits per heavy atom. The smallest absolute Gasteiger partial charge is 0.253 e. The second kappa shape index (κ2) is 7.83. The molecule has 29 heavy (non-hydrogen) atoms. The number of hydrogen-bond acceptors (Lipinski definition) is 6. The Balaban J connectivity index is 1.41. The minimum Gasteiger partial charge on any atom is -0.353 e. The number of piperazine rings is 1. The number of aromatic nitrogens is 4. The Morgan fingerprint density at radius 3 is 2.17 bits per heavy atom. The lowest BCUT2D eigenvalue weighted by Gasteiger charge is -2.35. The van der Waals surface area contributed by atoms with E-state index in [1.807, 2.05) is 30.2 Å². The molecule has 1 aromatic carbocycles. The normalized spacial score (nSPS) is 14.1. The van der Waals surface area contributed by atoms with Crippen LogP contribution in [0.3, 0.4) is 0 Å². The van der Waals surface area contributed by atoms with Gasteiger partial charge in [0.2, 0.25) is 0 Å². The largest absolute Gasteiger partial charge is 0.353 e. The van der Waals surface area contributed by atoms with Crippen molar-refractivity contribution in [3.8, 4) is 5.82 Å². The van der Waals surface area contributed by atoms with Crippen LogP contribution < -0.4 is 4.90 Å². The summed E-state index contributed by atoms with van der Waals surface area (Å²) in [5.41, 5.74) is 2.13. The maximum Gasteiger partial charge on any atom is 0.253 e. The molecule has 1 amide bonds. The van der Waals surface area contributed by atoms with Crippen molar-refractivity contribution in [2.75, 3.05) is 31.1 Å². The number of carbonyl (C=O) groups is 2. The summed E-state index contributed by atoms with van der Waals surface area (Å²) in [5, 5.41) is 4.39. The average molecular weight is 390 g/mol. The summed E-state index contributed by atoms with van der Waals surface area (Å²) < 4.78 is 1.73. The third-order valence-corrected chi connectivity index (χ3v) is 5.02. The fourth-order valence-electron chi connectivity index (χ4n) is 3.35. The highest BCUT2D eigenvalue weighted by atomic mass is 16.2. The zero-order valence-electron chi connectivity index (χ0n) is 16.4. The monoisotopic (exact) mass is 390 g/mol. The predicted molar refractivity (Wildman–Crippen MR) is 108 cm³/mol. The lowest BCUT2D eigenvalue weighted by molar-refractivity contribution is 0.0746. The van der Waals surface area contributed by atoms with Gasteiger partial charge in [-0.05, 0) is 32.0 Å². The van der Waals surface area contributed by atoms with Gasteiger partial charge in [0.15, 0.2) is 11.6 Å². The summed E-state index contributed by atoms with van der Waals surface area (Å²) in [5.74, 6) is 1.51. The first kappa shape index (κ1) is 18.8. The summed E-state index contributed by atoms with van der Waals surface area (Å²) in [6.45, 7) is 6.03. The van der Waals surface area contributed by atoms with Gasteiger partial charge in [0, 0.05) is 49.6 Å². The van der Waals surface area contributed by atoms with Crippen LogP contribution >= 0.6 is 0 Å². The average Bonchev–Trinajstić information content (AvgIpc) is 3.20. The molecule has 1 saturated heterocycles. The van der Waals surface area contributed by atoms with E-state index in [1.54, 1.807) is 28.9 Å². The third-order valence-electron chi connectivity index (χ3n) is 5.02. The molecule has 0 radical (unpaired) electrons. The molecular formula is C21H22N6O2. The molecular weight excluding hydrogens is 368 g/mol. The number of ketones is 1. The van der Waals surface area contributed by atoms with E-state index in [-0.39, 0.29) is 11.7 Å². The van der Waals surface area contributed by atoms with Crippen LogP contribution in [-0.4, -0.2) is 62.5 Å². The van der Waals surface area contributed by atoms with Crippen LogP contribution in [0.5, 0.6) is 0 Å². The first-order valence-corrected chi connectivity index (χ1v) is 9.51. The van der Waals surface area contributed by atoms with Crippen molar-refractivity contribution >= 4 is 17.5 Å². The molecule has 1 aliphatic rings. The highest BCUT2D eigenvalue weighted by Crippen LogP contribution is 2.17. The molecule has 0 spiro atoms. The van der Waals surface area contributed by atoms with Crippen molar-refractivity contribution in [3.63, 3.8) is 0 Å². The van der Waals surface area contributed by atoms with Crippen LogP contribution in [0.1, 0.15) is 33.3 Å². The fourth-order valence-corrected chi connectivity index (χ4v) is 3.35. The first-order chi connectivity index (χ1) is 14.0. The molecule has 4 rings (SSSR count). The highest BCUT2D eigenvalue weighted by Gasteiger charge is 2.23. The van der Waals surface area contributed by atoms with Gasteiger partial charge in [0.25, 0.3) is 5.91 Å². The number of anilines is 1. The summed E-state index contributed by atoms with van der Waals surface area (Å²) in [4.78, 5) is 36.8. The van der Waals surface area contributed by atoms with E-state index < -0.39 is 0 Å². The summed E-state index contributed by atoms with van der Waals surface area (Å²) in [7, 11) is 0. The number of carbonyl (C=O) groups excluding carboxylic acids is 2. The van der Waals surface area contributed by atoms with E-state index in [2.05, 4.69) is 20.0 Å². The number of nitrogens with zero attached hydrogens (tertiary/aromatic N) is 6. The molecule has 0 bridgehead atoms. The van der Waals surface area contributed by atoms with Crippen LogP contribution in [0.4, 0.5) is 5.82 Å². The number of amides is 1. The summed E-state index contributed by atoms with van der Waals surface area (Å²) in [6, 6.07) is 10.7. The second-order valence-electron chi connectivity index (χ2n) is 7.05. The van der Waals surface area contributed by atoms with Gasteiger partial charge in [-0.3, -0.25) is 9.59 Å².